The number of nitrogens with two attached hydrogens (primary N) is 1. The van der Waals surface area contributed by atoms with E-state index in [-0.39, 0.29) is 11.9 Å². The van der Waals surface area contributed by atoms with Gasteiger partial charge in [0, 0.05) is 25.0 Å². The van der Waals surface area contributed by atoms with Crippen LogP contribution < -0.4 is 5.73 Å². The zero-order valence-corrected chi connectivity index (χ0v) is 17.9. The lowest BCUT2D eigenvalue weighted by molar-refractivity contribution is -0.140. The van der Waals surface area contributed by atoms with Crippen molar-refractivity contribution >= 4 is 5.91 Å². The molecule has 1 amide bonds. The smallest absolute Gasteiger partial charge is 0.250 e. The van der Waals surface area contributed by atoms with Crippen LogP contribution in [0.2, 0.25) is 0 Å². The van der Waals surface area contributed by atoms with Gasteiger partial charge in [-0.3, -0.25) is 4.79 Å². The van der Waals surface area contributed by atoms with Gasteiger partial charge in [0.15, 0.2) is 0 Å². The van der Waals surface area contributed by atoms with E-state index < -0.39 is 0 Å². The molecule has 2 N–H and O–H groups in total. The third kappa shape index (κ3) is 4.48. The summed E-state index contributed by atoms with van der Waals surface area (Å²) in [6.45, 7) is 4.02. The van der Waals surface area contributed by atoms with Crippen LogP contribution in [0.3, 0.4) is 0 Å². The van der Waals surface area contributed by atoms with E-state index >= 15 is 0 Å². The van der Waals surface area contributed by atoms with Gasteiger partial charge in [0.2, 0.25) is 0 Å². The number of hydrogen-bond donors (Lipinski definition) is 1. The Morgan fingerprint density at radius 3 is 2.29 bits per heavy atom. The Morgan fingerprint density at radius 1 is 0.935 bits per heavy atom. The molecule has 0 radical (unpaired) electrons. The van der Waals surface area contributed by atoms with E-state index in [0.717, 1.165) is 40.9 Å². The molecule has 1 aliphatic rings. The van der Waals surface area contributed by atoms with Gasteiger partial charge in [0.25, 0.3) is 5.91 Å². The number of hydrogen-bond acceptors (Lipinski definition) is 3. The molecule has 4 rings (SSSR count). The Kier molecular flexibility index (Phi) is 6.37. The van der Waals surface area contributed by atoms with Crippen molar-refractivity contribution in [2.24, 2.45) is 5.73 Å². The minimum Gasteiger partial charge on any atom is -0.403 e. The van der Waals surface area contributed by atoms with Crippen LogP contribution in [-0.4, -0.2) is 28.8 Å². The normalized spacial score (nSPS) is 17.9. The topological polar surface area (TPSA) is 49.6 Å². The van der Waals surface area contributed by atoms with Gasteiger partial charge < -0.3 is 15.5 Å². The van der Waals surface area contributed by atoms with Crippen LogP contribution in [0.25, 0.3) is 11.1 Å². The lowest BCUT2D eigenvalue weighted by Gasteiger charge is -2.43. The summed E-state index contributed by atoms with van der Waals surface area (Å²) in [6.07, 6.45) is 2.60. The summed E-state index contributed by atoms with van der Waals surface area (Å²) in [5, 5.41) is 0. The zero-order valence-electron chi connectivity index (χ0n) is 17.9. The molecule has 3 aromatic rings. The molecule has 0 aliphatic carbocycles. The molecule has 4 heteroatoms. The minimum atomic E-state index is -0.379. The van der Waals surface area contributed by atoms with Crippen LogP contribution in [0.4, 0.5) is 0 Å². The average Bonchev–Trinajstić information content (AvgIpc) is 2.82. The fourth-order valence-electron chi connectivity index (χ4n) is 4.28. The van der Waals surface area contributed by atoms with Crippen molar-refractivity contribution in [3.63, 3.8) is 0 Å². The minimum absolute atomic E-state index is 0.119. The number of carbonyl (C=O) groups is 1. The molecule has 31 heavy (non-hydrogen) atoms. The molecule has 0 bridgehead atoms. The first-order chi connectivity index (χ1) is 15.2. The quantitative estimate of drug-likeness (QED) is 0.624. The molecule has 3 aromatic carbocycles. The molecule has 0 saturated carbocycles. The van der Waals surface area contributed by atoms with E-state index in [9.17, 15) is 4.79 Å². The van der Waals surface area contributed by atoms with E-state index in [0.29, 0.717) is 13.1 Å². The van der Waals surface area contributed by atoms with E-state index in [2.05, 4.69) is 54.3 Å². The van der Waals surface area contributed by atoms with Gasteiger partial charge in [0.1, 0.15) is 6.04 Å². The number of carbonyl (C=O) groups excluding carboxylic acids is 1. The van der Waals surface area contributed by atoms with Crippen molar-refractivity contribution in [2.75, 3.05) is 13.1 Å². The Hall–Kier alpha value is -3.53. The molecule has 1 saturated heterocycles. The second kappa shape index (κ2) is 9.52. The molecular weight excluding hydrogens is 382 g/mol. The van der Waals surface area contributed by atoms with E-state index in [1.54, 1.807) is 6.20 Å². The highest BCUT2D eigenvalue weighted by atomic mass is 16.2. The first-order valence-corrected chi connectivity index (χ1v) is 10.9. The van der Waals surface area contributed by atoms with Crippen LogP contribution in [0, 0.1) is 0 Å². The summed E-state index contributed by atoms with van der Waals surface area (Å²) < 4.78 is 0. The number of amides is 1. The van der Waals surface area contributed by atoms with Gasteiger partial charge in [-0.1, -0.05) is 85.8 Å². The fraction of sp³-hybridized carbons (Fsp3) is 0.222. The zero-order chi connectivity index (χ0) is 21.6. The van der Waals surface area contributed by atoms with Gasteiger partial charge in [0.05, 0.1) is 6.54 Å². The molecule has 1 aliphatic heterocycles. The molecule has 0 spiro atoms. The first-order valence-electron chi connectivity index (χ1n) is 10.9. The second-order valence-electron chi connectivity index (χ2n) is 7.93. The predicted molar refractivity (Wildman–Crippen MR) is 126 cm³/mol. The standard InChI is InChI=1S/C27H29N3O/c1-2-16-30-25(18-28)20-29(19-21-10-5-3-6-11-21)27(31)26(30)24-15-9-14-23(17-24)22-12-7-4-8-13-22/h3-15,17-18,26H,2,16,19-20,28H2,1H3/b25-18-. The maximum Gasteiger partial charge on any atom is 0.250 e. The van der Waals surface area contributed by atoms with Crippen LogP contribution in [-0.2, 0) is 11.3 Å². The van der Waals surface area contributed by atoms with Crippen LogP contribution >= 0.6 is 0 Å². The van der Waals surface area contributed by atoms with Crippen LogP contribution in [0.1, 0.15) is 30.5 Å². The van der Waals surface area contributed by atoms with Crippen molar-refractivity contribution in [2.45, 2.75) is 25.9 Å². The molecule has 1 fully saturated rings. The van der Waals surface area contributed by atoms with Crippen molar-refractivity contribution in [1.29, 1.82) is 0 Å². The summed E-state index contributed by atoms with van der Waals surface area (Å²) >= 11 is 0. The largest absolute Gasteiger partial charge is 0.403 e. The van der Waals surface area contributed by atoms with Gasteiger partial charge in [-0.2, -0.15) is 0 Å². The Balaban J connectivity index is 1.72. The summed E-state index contributed by atoms with van der Waals surface area (Å²) in [4.78, 5) is 17.8. The third-order valence-electron chi connectivity index (χ3n) is 5.76. The van der Waals surface area contributed by atoms with E-state index in [4.69, 9.17) is 5.73 Å². The summed E-state index contributed by atoms with van der Waals surface area (Å²) in [7, 11) is 0. The molecular formula is C27H29N3O. The van der Waals surface area contributed by atoms with Crippen LogP contribution in [0.15, 0.2) is 96.8 Å². The van der Waals surface area contributed by atoms with E-state index in [1.165, 1.54) is 0 Å². The number of rotatable bonds is 6. The number of nitrogens with zero attached hydrogens (tertiary/aromatic N) is 2. The monoisotopic (exact) mass is 411 g/mol. The first kappa shape index (κ1) is 20.7. The van der Waals surface area contributed by atoms with Gasteiger partial charge in [-0.15, -0.1) is 0 Å². The van der Waals surface area contributed by atoms with Gasteiger partial charge in [-0.05, 0) is 34.7 Å². The van der Waals surface area contributed by atoms with Crippen molar-refractivity contribution in [3.05, 3.63) is 108 Å². The lowest BCUT2D eigenvalue weighted by atomic mass is 9.95. The molecule has 158 valence electrons. The summed E-state index contributed by atoms with van der Waals surface area (Å²) in [5.74, 6) is 0.119. The molecule has 4 nitrogen and oxygen atoms in total. The van der Waals surface area contributed by atoms with Crippen molar-refractivity contribution in [3.8, 4) is 11.1 Å². The van der Waals surface area contributed by atoms with Crippen LogP contribution in [0.5, 0.6) is 0 Å². The highest BCUT2D eigenvalue weighted by Crippen LogP contribution is 2.34. The molecule has 1 unspecified atom stereocenters. The number of benzene rings is 3. The fourth-order valence-corrected chi connectivity index (χ4v) is 4.28. The molecule has 1 atom stereocenters. The molecule has 1 heterocycles. The molecule has 0 aromatic heterocycles. The SMILES string of the molecule is CCCN1/C(=C\N)CN(Cc2ccccc2)C(=O)C1c1cccc(-c2ccccc2)c1. The highest BCUT2D eigenvalue weighted by Gasteiger charge is 2.37. The lowest BCUT2D eigenvalue weighted by Crippen LogP contribution is -2.50. The number of piperazine rings is 1. The Labute approximate surface area is 184 Å². The predicted octanol–water partition coefficient (Wildman–Crippen LogP) is 4.95. The van der Waals surface area contributed by atoms with E-state index in [1.807, 2.05) is 47.4 Å². The summed E-state index contributed by atoms with van der Waals surface area (Å²) in [5.41, 5.74) is 11.4. The average molecular weight is 412 g/mol. The Bertz CT molecular complexity index is 1050. The second-order valence-corrected chi connectivity index (χ2v) is 7.93. The summed E-state index contributed by atoms with van der Waals surface area (Å²) in [6, 6.07) is 28.4. The van der Waals surface area contributed by atoms with Crippen molar-refractivity contribution in [1.82, 2.24) is 9.80 Å². The Morgan fingerprint density at radius 2 is 1.61 bits per heavy atom. The third-order valence-corrected chi connectivity index (χ3v) is 5.76. The van der Waals surface area contributed by atoms with Gasteiger partial charge >= 0.3 is 0 Å². The highest BCUT2D eigenvalue weighted by molar-refractivity contribution is 5.85. The van der Waals surface area contributed by atoms with Gasteiger partial charge in [-0.25, -0.2) is 0 Å². The van der Waals surface area contributed by atoms with Crippen molar-refractivity contribution < 1.29 is 4.79 Å². The maximum absolute atomic E-state index is 13.7. The maximum atomic E-state index is 13.7.